The Morgan fingerprint density at radius 1 is 1.10 bits per heavy atom. The maximum absolute atomic E-state index is 5.22. The molecule has 20 heavy (non-hydrogen) atoms. The highest BCUT2D eigenvalue weighted by atomic mass is 16.5. The standard InChI is InChI=1S/C17H18N2O/c1-12(2)19-16(10-14-8-9-18-11-17(14)19)13-4-6-15(20-3)7-5-13/h4-12H,1-3H3. The van der Waals surface area contributed by atoms with Gasteiger partial charge in [0.2, 0.25) is 0 Å². The first kappa shape index (κ1) is 12.7. The summed E-state index contributed by atoms with van der Waals surface area (Å²) in [6.45, 7) is 4.39. The highest BCUT2D eigenvalue weighted by Gasteiger charge is 2.13. The van der Waals surface area contributed by atoms with Crippen molar-refractivity contribution in [2.75, 3.05) is 7.11 Å². The zero-order chi connectivity index (χ0) is 14.1. The minimum atomic E-state index is 0.383. The molecule has 0 aliphatic rings. The Bertz CT molecular complexity index is 726. The topological polar surface area (TPSA) is 27.1 Å². The van der Waals surface area contributed by atoms with Gasteiger partial charge in [0.05, 0.1) is 18.8 Å². The van der Waals surface area contributed by atoms with Crippen molar-refractivity contribution in [2.45, 2.75) is 19.9 Å². The van der Waals surface area contributed by atoms with Gasteiger partial charge in [-0.05, 0) is 55.8 Å². The summed E-state index contributed by atoms with van der Waals surface area (Å²) in [6, 6.07) is 12.8. The zero-order valence-electron chi connectivity index (χ0n) is 12.0. The summed E-state index contributed by atoms with van der Waals surface area (Å²) < 4.78 is 7.55. The summed E-state index contributed by atoms with van der Waals surface area (Å²) in [5.41, 5.74) is 3.58. The summed E-state index contributed by atoms with van der Waals surface area (Å²) in [6.07, 6.45) is 3.77. The Balaban J connectivity index is 2.21. The Morgan fingerprint density at radius 3 is 2.50 bits per heavy atom. The molecule has 0 fully saturated rings. The number of methoxy groups -OCH3 is 1. The summed E-state index contributed by atoms with van der Waals surface area (Å²) in [4.78, 5) is 4.25. The number of rotatable bonds is 3. The monoisotopic (exact) mass is 266 g/mol. The van der Waals surface area contributed by atoms with Gasteiger partial charge in [0, 0.05) is 23.3 Å². The van der Waals surface area contributed by atoms with Gasteiger partial charge >= 0.3 is 0 Å². The van der Waals surface area contributed by atoms with Crippen LogP contribution in [0.4, 0.5) is 0 Å². The summed E-state index contributed by atoms with van der Waals surface area (Å²) in [7, 11) is 1.69. The number of fused-ring (bicyclic) bond motifs is 1. The van der Waals surface area contributed by atoms with E-state index in [9.17, 15) is 0 Å². The molecule has 0 saturated carbocycles. The predicted octanol–water partition coefficient (Wildman–Crippen LogP) is 4.29. The molecular weight excluding hydrogens is 248 g/mol. The van der Waals surface area contributed by atoms with Crippen molar-refractivity contribution in [3.63, 3.8) is 0 Å². The first-order valence-electron chi connectivity index (χ1n) is 6.80. The second-order valence-corrected chi connectivity index (χ2v) is 5.16. The van der Waals surface area contributed by atoms with Gasteiger partial charge in [-0.1, -0.05) is 0 Å². The third kappa shape index (κ3) is 2.05. The zero-order valence-corrected chi connectivity index (χ0v) is 12.0. The van der Waals surface area contributed by atoms with Gasteiger partial charge < -0.3 is 9.30 Å². The molecule has 0 unspecified atom stereocenters. The smallest absolute Gasteiger partial charge is 0.118 e. The lowest BCUT2D eigenvalue weighted by Crippen LogP contribution is -2.02. The SMILES string of the molecule is COc1ccc(-c2cc3ccncc3n2C(C)C)cc1. The van der Waals surface area contributed by atoms with E-state index in [1.807, 2.05) is 24.5 Å². The van der Waals surface area contributed by atoms with Crippen LogP contribution in [-0.2, 0) is 0 Å². The molecule has 0 aliphatic heterocycles. The van der Waals surface area contributed by atoms with Crippen LogP contribution in [0.25, 0.3) is 22.2 Å². The Labute approximate surface area is 118 Å². The molecule has 0 radical (unpaired) electrons. The van der Waals surface area contributed by atoms with Crippen LogP contribution in [0.15, 0.2) is 48.8 Å². The van der Waals surface area contributed by atoms with Gasteiger partial charge in [0.25, 0.3) is 0 Å². The van der Waals surface area contributed by atoms with Gasteiger partial charge in [0.15, 0.2) is 0 Å². The van der Waals surface area contributed by atoms with E-state index in [1.54, 1.807) is 7.11 Å². The Hall–Kier alpha value is -2.29. The molecule has 0 atom stereocenters. The lowest BCUT2D eigenvalue weighted by atomic mass is 10.1. The number of benzene rings is 1. The normalized spacial score (nSPS) is 11.2. The molecule has 3 aromatic rings. The molecule has 0 spiro atoms. The van der Waals surface area contributed by atoms with Crippen LogP contribution < -0.4 is 4.74 Å². The fourth-order valence-electron chi connectivity index (χ4n) is 2.61. The molecular formula is C17H18N2O. The number of aromatic nitrogens is 2. The van der Waals surface area contributed by atoms with Crippen molar-refractivity contribution in [1.82, 2.24) is 9.55 Å². The molecule has 0 saturated heterocycles. The summed E-state index contributed by atoms with van der Waals surface area (Å²) in [5, 5.41) is 1.22. The van der Waals surface area contributed by atoms with E-state index >= 15 is 0 Å². The molecule has 3 heteroatoms. The van der Waals surface area contributed by atoms with Crippen LogP contribution in [0.1, 0.15) is 19.9 Å². The van der Waals surface area contributed by atoms with Gasteiger partial charge in [-0.3, -0.25) is 4.98 Å². The fourth-order valence-corrected chi connectivity index (χ4v) is 2.61. The molecule has 0 bridgehead atoms. The Morgan fingerprint density at radius 2 is 1.85 bits per heavy atom. The van der Waals surface area contributed by atoms with E-state index in [1.165, 1.54) is 22.2 Å². The number of nitrogens with zero attached hydrogens (tertiary/aromatic N) is 2. The van der Waals surface area contributed by atoms with Gasteiger partial charge in [-0.2, -0.15) is 0 Å². The molecule has 0 amide bonds. The Kier molecular flexibility index (Phi) is 3.18. The molecule has 1 aromatic carbocycles. The van der Waals surface area contributed by atoms with Crippen molar-refractivity contribution in [3.05, 3.63) is 48.8 Å². The highest BCUT2D eigenvalue weighted by molar-refractivity contribution is 5.86. The molecule has 3 rings (SSSR count). The van der Waals surface area contributed by atoms with Crippen LogP contribution in [-0.4, -0.2) is 16.7 Å². The van der Waals surface area contributed by atoms with E-state index in [0.29, 0.717) is 6.04 Å². The maximum atomic E-state index is 5.22. The molecule has 102 valence electrons. The quantitative estimate of drug-likeness (QED) is 0.707. The van der Waals surface area contributed by atoms with Gasteiger partial charge in [-0.25, -0.2) is 0 Å². The summed E-state index contributed by atoms with van der Waals surface area (Å²) >= 11 is 0. The minimum absolute atomic E-state index is 0.383. The second-order valence-electron chi connectivity index (χ2n) is 5.16. The van der Waals surface area contributed by atoms with Crippen molar-refractivity contribution >= 4 is 10.9 Å². The van der Waals surface area contributed by atoms with Crippen molar-refractivity contribution in [1.29, 1.82) is 0 Å². The lowest BCUT2D eigenvalue weighted by Gasteiger charge is -2.14. The van der Waals surface area contributed by atoms with E-state index in [4.69, 9.17) is 4.74 Å². The van der Waals surface area contributed by atoms with E-state index in [0.717, 1.165) is 5.75 Å². The van der Waals surface area contributed by atoms with Crippen LogP contribution in [0.3, 0.4) is 0 Å². The van der Waals surface area contributed by atoms with Crippen molar-refractivity contribution in [3.8, 4) is 17.0 Å². The lowest BCUT2D eigenvalue weighted by molar-refractivity contribution is 0.415. The second kappa shape index (κ2) is 5.00. The first-order chi connectivity index (χ1) is 9.70. The average molecular weight is 266 g/mol. The van der Waals surface area contributed by atoms with E-state index < -0.39 is 0 Å². The van der Waals surface area contributed by atoms with Crippen LogP contribution in [0.2, 0.25) is 0 Å². The molecule has 0 N–H and O–H groups in total. The number of pyridine rings is 1. The third-order valence-corrected chi connectivity index (χ3v) is 3.55. The van der Waals surface area contributed by atoms with Crippen LogP contribution in [0.5, 0.6) is 5.75 Å². The third-order valence-electron chi connectivity index (χ3n) is 3.55. The molecule has 2 heterocycles. The van der Waals surface area contributed by atoms with E-state index in [2.05, 4.69) is 47.7 Å². The van der Waals surface area contributed by atoms with Crippen LogP contribution in [0, 0.1) is 0 Å². The first-order valence-corrected chi connectivity index (χ1v) is 6.80. The van der Waals surface area contributed by atoms with Crippen molar-refractivity contribution < 1.29 is 4.74 Å². The van der Waals surface area contributed by atoms with Gasteiger partial charge in [-0.15, -0.1) is 0 Å². The summed E-state index contributed by atoms with van der Waals surface area (Å²) in [5.74, 6) is 0.877. The minimum Gasteiger partial charge on any atom is -0.497 e. The fraction of sp³-hybridized carbons (Fsp3) is 0.235. The highest BCUT2D eigenvalue weighted by Crippen LogP contribution is 2.31. The number of hydrogen-bond donors (Lipinski definition) is 0. The maximum Gasteiger partial charge on any atom is 0.118 e. The number of hydrogen-bond acceptors (Lipinski definition) is 2. The molecule has 2 aromatic heterocycles. The van der Waals surface area contributed by atoms with Crippen molar-refractivity contribution in [2.24, 2.45) is 0 Å². The van der Waals surface area contributed by atoms with Gasteiger partial charge in [0.1, 0.15) is 5.75 Å². The average Bonchev–Trinajstić information content (AvgIpc) is 2.86. The molecule has 0 aliphatic carbocycles. The number of ether oxygens (including phenoxy) is 1. The van der Waals surface area contributed by atoms with Crippen LogP contribution >= 0.6 is 0 Å². The van der Waals surface area contributed by atoms with E-state index in [-0.39, 0.29) is 0 Å². The largest absolute Gasteiger partial charge is 0.497 e. The molecule has 3 nitrogen and oxygen atoms in total. The predicted molar refractivity (Wildman–Crippen MR) is 82.1 cm³/mol.